The van der Waals surface area contributed by atoms with Crippen molar-refractivity contribution in [1.82, 2.24) is 0 Å². The van der Waals surface area contributed by atoms with Gasteiger partial charge in [-0.1, -0.05) is 23.2 Å². The minimum atomic E-state index is -0.609. The summed E-state index contributed by atoms with van der Waals surface area (Å²) in [4.78, 5) is -1.16. The Kier molecular flexibility index (Phi) is 2.54. The lowest BCUT2D eigenvalue weighted by Crippen LogP contribution is -2.28. The molecule has 0 unspecified atom stereocenters. The Morgan fingerprint density at radius 3 is 2.23 bits per heavy atom. The quantitative estimate of drug-likeness (QED) is 0.628. The zero-order valence-corrected chi connectivity index (χ0v) is 10.4. The molecule has 0 heterocycles. The second-order valence-electron chi connectivity index (χ2n) is 3.69. The van der Waals surface area contributed by atoms with Gasteiger partial charge in [-0.2, -0.15) is 0 Å². The van der Waals surface area contributed by atoms with Crippen molar-refractivity contribution in [1.29, 1.82) is 0 Å². The van der Waals surface area contributed by atoms with Crippen LogP contribution in [0.2, 0.25) is 0 Å². The van der Waals surface area contributed by atoms with Crippen LogP contribution < -0.4 is 0 Å². The highest BCUT2D eigenvalue weighted by molar-refractivity contribution is 6.51. The van der Waals surface area contributed by atoms with Crippen molar-refractivity contribution in [2.45, 2.75) is 22.6 Å². The van der Waals surface area contributed by atoms with E-state index in [0.717, 1.165) is 6.42 Å². The molecule has 2 aliphatic rings. The van der Waals surface area contributed by atoms with Crippen LogP contribution in [0.25, 0.3) is 0 Å². The second-order valence-corrected chi connectivity index (χ2v) is 6.15. The van der Waals surface area contributed by atoms with Gasteiger partial charge in [0.15, 0.2) is 0 Å². The van der Waals surface area contributed by atoms with Gasteiger partial charge in [-0.05, 0) is 18.8 Å². The molecule has 0 aliphatic heterocycles. The van der Waals surface area contributed by atoms with Crippen LogP contribution in [0.4, 0.5) is 0 Å². The minimum absolute atomic E-state index is 0.128. The first kappa shape index (κ1) is 10.7. The summed E-state index contributed by atoms with van der Waals surface area (Å²) in [5, 5.41) is 0.995. The monoisotopic (exact) mass is 278 g/mol. The van der Waals surface area contributed by atoms with Gasteiger partial charge in [0.25, 0.3) is 0 Å². The van der Waals surface area contributed by atoms with E-state index in [0.29, 0.717) is 22.4 Å². The van der Waals surface area contributed by atoms with Crippen LogP contribution in [0.15, 0.2) is 10.1 Å². The molecule has 1 saturated carbocycles. The van der Waals surface area contributed by atoms with E-state index < -0.39 is 9.75 Å². The van der Waals surface area contributed by atoms with E-state index in [9.17, 15) is 0 Å². The lowest BCUT2D eigenvalue weighted by atomic mass is 9.94. The molecule has 5 heteroatoms. The number of hydrogen-bond acceptors (Lipinski definition) is 0. The Balaban J connectivity index is 2.46. The number of alkyl halides is 3. The highest BCUT2D eigenvalue weighted by Gasteiger charge is 2.62. The van der Waals surface area contributed by atoms with Crippen molar-refractivity contribution in [2.24, 2.45) is 5.92 Å². The fraction of sp³-hybridized carbons (Fsp3) is 0.750. The third-order valence-corrected chi connectivity index (χ3v) is 5.74. The summed E-state index contributed by atoms with van der Waals surface area (Å²) < 4.78 is 0. The van der Waals surface area contributed by atoms with Crippen LogP contribution in [0.3, 0.4) is 0 Å². The average Bonchev–Trinajstić information content (AvgIpc) is 2.44. The smallest absolute Gasteiger partial charge is 0.0873 e. The minimum Gasteiger partial charge on any atom is -0.126 e. The maximum atomic E-state index is 6.35. The Morgan fingerprint density at radius 1 is 1.23 bits per heavy atom. The van der Waals surface area contributed by atoms with Gasteiger partial charge < -0.3 is 0 Å². The summed E-state index contributed by atoms with van der Waals surface area (Å²) in [6.07, 6.45) is 1.31. The molecule has 0 aromatic rings. The number of halogens is 5. The Bertz CT molecular complexity index is 286. The normalized spacial score (nSPS) is 49.2. The van der Waals surface area contributed by atoms with Crippen LogP contribution in [-0.2, 0) is 0 Å². The zero-order valence-electron chi connectivity index (χ0n) is 6.59. The van der Waals surface area contributed by atoms with Crippen LogP contribution >= 0.6 is 58.0 Å². The Hall–Kier alpha value is 1.19. The number of hydrogen-bond donors (Lipinski definition) is 0. The van der Waals surface area contributed by atoms with E-state index in [1.165, 1.54) is 0 Å². The topological polar surface area (TPSA) is 0 Å². The summed E-state index contributed by atoms with van der Waals surface area (Å²) in [5.74, 6) is 0.599. The van der Waals surface area contributed by atoms with Crippen LogP contribution in [0.5, 0.6) is 0 Å². The molecule has 0 aromatic carbocycles. The van der Waals surface area contributed by atoms with Crippen molar-refractivity contribution in [3.8, 4) is 0 Å². The SMILES string of the molecule is ClC[C@@H]1C[C@]2(Cl)C[C@@]1(Cl)C(Cl)=C2Cl. The van der Waals surface area contributed by atoms with Gasteiger partial charge in [0.2, 0.25) is 0 Å². The molecular formula is C8H7Cl5. The predicted molar refractivity (Wildman–Crippen MR) is 59.3 cm³/mol. The third kappa shape index (κ3) is 1.26. The van der Waals surface area contributed by atoms with E-state index in [1.807, 2.05) is 0 Å². The van der Waals surface area contributed by atoms with Crippen molar-refractivity contribution in [3.63, 3.8) is 0 Å². The van der Waals surface area contributed by atoms with Crippen LogP contribution in [0, 0.1) is 5.92 Å². The molecule has 74 valence electrons. The molecule has 0 aromatic heterocycles. The van der Waals surface area contributed by atoms with E-state index in [-0.39, 0.29) is 5.92 Å². The lowest BCUT2D eigenvalue weighted by Gasteiger charge is -2.28. The fourth-order valence-electron chi connectivity index (χ4n) is 2.16. The van der Waals surface area contributed by atoms with Crippen molar-refractivity contribution in [3.05, 3.63) is 10.1 Å². The van der Waals surface area contributed by atoms with E-state index in [2.05, 4.69) is 0 Å². The number of rotatable bonds is 1. The summed E-state index contributed by atoms with van der Waals surface area (Å²) in [5.41, 5.74) is 0. The van der Waals surface area contributed by atoms with Crippen molar-refractivity contribution < 1.29 is 0 Å². The van der Waals surface area contributed by atoms with Crippen LogP contribution in [-0.4, -0.2) is 15.6 Å². The first-order chi connectivity index (χ1) is 5.94. The molecule has 0 saturated heterocycles. The Labute approximate surface area is 102 Å². The first-order valence-electron chi connectivity index (χ1n) is 3.94. The van der Waals surface area contributed by atoms with Gasteiger partial charge >= 0.3 is 0 Å². The van der Waals surface area contributed by atoms with Gasteiger partial charge in [0.05, 0.1) is 19.8 Å². The maximum Gasteiger partial charge on any atom is 0.0873 e. The van der Waals surface area contributed by atoms with Crippen LogP contribution in [0.1, 0.15) is 12.8 Å². The molecule has 1 fully saturated rings. The summed E-state index contributed by atoms with van der Waals surface area (Å²) in [6.45, 7) is 0. The number of allylic oxidation sites excluding steroid dienone is 2. The van der Waals surface area contributed by atoms with E-state index in [4.69, 9.17) is 58.0 Å². The van der Waals surface area contributed by atoms with Gasteiger partial charge in [0.1, 0.15) is 0 Å². The van der Waals surface area contributed by atoms with Gasteiger partial charge in [-0.15, -0.1) is 34.8 Å². The molecule has 0 nitrogen and oxygen atoms in total. The standard InChI is InChI=1S/C8H7Cl5/c9-2-4-1-7(12)3-8(4,13)6(11)5(7)10/h4H,1-3H2/t4-,7-,8-/m0/s1. The maximum absolute atomic E-state index is 6.35. The third-order valence-electron chi connectivity index (χ3n) is 2.89. The summed E-state index contributed by atoms with van der Waals surface area (Å²) in [7, 11) is 0. The first-order valence-corrected chi connectivity index (χ1v) is 5.99. The average molecular weight is 280 g/mol. The largest absolute Gasteiger partial charge is 0.126 e. The molecule has 0 spiro atoms. The molecular weight excluding hydrogens is 273 g/mol. The van der Waals surface area contributed by atoms with E-state index in [1.54, 1.807) is 0 Å². The molecule has 2 rings (SSSR count). The molecule has 3 atom stereocenters. The van der Waals surface area contributed by atoms with E-state index >= 15 is 0 Å². The molecule has 2 aliphatic carbocycles. The van der Waals surface area contributed by atoms with Crippen molar-refractivity contribution >= 4 is 58.0 Å². The molecule has 0 radical (unpaired) electrons. The fourth-order valence-corrected chi connectivity index (χ4v) is 4.46. The Morgan fingerprint density at radius 2 is 1.85 bits per heavy atom. The second kappa shape index (κ2) is 3.09. The highest BCUT2D eigenvalue weighted by Crippen LogP contribution is 2.65. The summed E-state index contributed by atoms with van der Waals surface area (Å²) >= 11 is 30.5. The lowest BCUT2D eigenvalue weighted by molar-refractivity contribution is 0.520. The summed E-state index contributed by atoms with van der Waals surface area (Å²) in [6, 6.07) is 0. The van der Waals surface area contributed by atoms with Crippen molar-refractivity contribution in [2.75, 3.05) is 5.88 Å². The highest BCUT2D eigenvalue weighted by atomic mass is 35.5. The van der Waals surface area contributed by atoms with Gasteiger partial charge in [0, 0.05) is 5.88 Å². The zero-order chi connectivity index (χ0) is 9.85. The molecule has 13 heavy (non-hydrogen) atoms. The molecule has 2 bridgehead atoms. The molecule has 0 amide bonds. The molecule has 0 N–H and O–H groups in total. The van der Waals surface area contributed by atoms with Gasteiger partial charge in [-0.3, -0.25) is 0 Å². The number of fused-ring (bicyclic) bond motifs is 2. The van der Waals surface area contributed by atoms with Gasteiger partial charge in [-0.25, -0.2) is 0 Å². The predicted octanol–water partition coefficient (Wildman–Crippen LogP) is 4.29.